The maximum Gasteiger partial charge on any atom is 0.397 e. The number of hydrogen-bond donors (Lipinski definition) is 6. The molecule has 0 aromatic carbocycles. The SMILES string of the molecule is CCCCCCCCCCC/C=C\CCCCCCCC(=O)NC(COC1OC(CO)C(O)C(OS(=O)(=O)O)C1O)C(O)/C=C/CCCCCCCCCCCCCCCC. The lowest BCUT2D eigenvalue weighted by molar-refractivity contribution is -0.298. The molecule has 0 aliphatic carbocycles. The van der Waals surface area contributed by atoms with Gasteiger partial charge in [0, 0.05) is 6.42 Å². The van der Waals surface area contributed by atoms with Crippen LogP contribution >= 0.6 is 0 Å². The number of carbonyl (C=O) groups is 1. The van der Waals surface area contributed by atoms with Crippen molar-refractivity contribution in [2.24, 2.45) is 0 Å². The molecular formula is C48H91NO11S. The van der Waals surface area contributed by atoms with Gasteiger partial charge in [0.2, 0.25) is 5.91 Å². The number of nitrogens with one attached hydrogen (secondary N) is 1. The minimum atomic E-state index is -5.09. The van der Waals surface area contributed by atoms with E-state index < -0.39 is 59.9 Å². The maximum absolute atomic E-state index is 13.0. The van der Waals surface area contributed by atoms with Gasteiger partial charge in [-0.2, -0.15) is 8.42 Å². The van der Waals surface area contributed by atoms with Crippen LogP contribution in [-0.2, 0) is 28.9 Å². The van der Waals surface area contributed by atoms with Gasteiger partial charge in [-0.3, -0.25) is 9.35 Å². The van der Waals surface area contributed by atoms with Gasteiger partial charge in [-0.1, -0.05) is 192 Å². The first-order chi connectivity index (χ1) is 29.5. The van der Waals surface area contributed by atoms with Gasteiger partial charge in [0.15, 0.2) is 6.29 Å². The van der Waals surface area contributed by atoms with Crippen LogP contribution in [0.4, 0.5) is 0 Å². The molecule has 1 amide bonds. The second-order valence-electron chi connectivity index (χ2n) is 17.4. The van der Waals surface area contributed by atoms with Gasteiger partial charge in [-0.15, -0.1) is 0 Å². The molecule has 61 heavy (non-hydrogen) atoms. The Morgan fingerprint density at radius 3 is 1.48 bits per heavy atom. The molecule has 0 aromatic heterocycles. The fourth-order valence-electron chi connectivity index (χ4n) is 7.86. The molecular weight excluding hydrogens is 799 g/mol. The van der Waals surface area contributed by atoms with E-state index in [1.165, 1.54) is 135 Å². The summed E-state index contributed by atoms with van der Waals surface area (Å²) in [6, 6.07) is -0.946. The van der Waals surface area contributed by atoms with Crippen molar-refractivity contribution in [2.45, 2.75) is 262 Å². The van der Waals surface area contributed by atoms with E-state index in [2.05, 4.69) is 35.5 Å². The normalized spacial score (nSPS) is 20.8. The highest BCUT2D eigenvalue weighted by molar-refractivity contribution is 7.80. The van der Waals surface area contributed by atoms with Crippen LogP contribution < -0.4 is 5.32 Å². The van der Waals surface area contributed by atoms with Crippen LogP contribution in [0.1, 0.15) is 219 Å². The Balaban J connectivity index is 2.49. The minimum Gasteiger partial charge on any atom is -0.394 e. The Morgan fingerprint density at radius 1 is 0.639 bits per heavy atom. The first-order valence-corrected chi connectivity index (χ1v) is 26.1. The molecule has 0 spiro atoms. The zero-order valence-corrected chi connectivity index (χ0v) is 39.3. The van der Waals surface area contributed by atoms with Gasteiger partial charge in [0.05, 0.1) is 25.4 Å². The van der Waals surface area contributed by atoms with Gasteiger partial charge < -0.3 is 35.2 Å². The average molecular weight is 890 g/mol. The molecule has 1 aliphatic heterocycles. The van der Waals surface area contributed by atoms with E-state index in [-0.39, 0.29) is 18.9 Å². The van der Waals surface area contributed by atoms with Gasteiger partial charge in [0.25, 0.3) is 0 Å². The maximum atomic E-state index is 13.0. The minimum absolute atomic E-state index is 0.260. The quantitative estimate of drug-likeness (QED) is 0.0194. The molecule has 13 heteroatoms. The van der Waals surface area contributed by atoms with Crippen LogP contribution in [-0.4, -0.2) is 95.4 Å². The number of carbonyl (C=O) groups excluding carboxylic acids is 1. The molecule has 12 nitrogen and oxygen atoms in total. The molecule has 7 unspecified atom stereocenters. The van der Waals surface area contributed by atoms with Crippen LogP contribution in [0, 0.1) is 0 Å². The van der Waals surface area contributed by atoms with E-state index in [4.69, 9.17) is 9.47 Å². The summed E-state index contributed by atoms with van der Waals surface area (Å²) < 4.78 is 47.6. The molecule has 1 rings (SSSR count). The molecule has 0 aromatic rings. The molecule has 0 saturated carbocycles. The Kier molecular flexibility index (Phi) is 36.8. The summed E-state index contributed by atoms with van der Waals surface area (Å²) >= 11 is 0. The molecule has 360 valence electrons. The average Bonchev–Trinajstić information content (AvgIpc) is 3.23. The number of ether oxygens (including phenoxy) is 2. The van der Waals surface area contributed by atoms with E-state index in [1.54, 1.807) is 6.08 Å². The van der Waals surface area contributed by atoms with Gasteiger partial charge in [0.1, 0.15) is 24.4 Å². The smallest absolute Gasteiger partial charge is 0.394 e. The van der Waals surface area contributed by atoms with Crippen LogP contribution in [0.5, 0.6) is 0 Å². The van der Waals surface area contributed by atoms with Crippen molar-refractivity contribution in [1.29, 1.82) is 0 Å². The highest BCUT2D eigenvalue weighted by atomic mass is 32.3. The third-order valence-electron chi connectivity index (χ3n) is 11.7. The Labute approximate surface area is 372 Å². The molecule has 1 fully saturated rings. The Morgan fingerprint density at radius 2 is 1.05 bits per heavy atom. The van der Waals surface area contributed by atoms with Crippen molar-refractivity contribution in [1.82, 2.24) is 5.32 Å². The van der Waals surface area contributed by atoms with Crippen LogP contribution in [0.25, 0.3) is 0 Å². The second-order valence-corrected chi connectivity index (χ2v) is 18.4. The topological polar surface area (TPSA) is 192 Å². The lowest BCUT2D eigenvalue weighted by atomic mass is 9.99. The van der Waals surface area contributed by atoms with Crippen LogP contribution in [0.3, 0.4) is 0 Å². The molecule has 0 radical (unpaired) electrons. The molecule has 6 N–H and O–H groups in total. The van der Waals surface area contributed by atoms with E-state index >= 15 is 0 Å². The third-order valence-corrected chi connectivity index (χ3v) is 12.2. The summed E-state index contributed by atoms with van der Waals surface area (Å²) in [6.45, 7) is 3.39. The standard InChI is InChI=1S/C48H91NO11S/c1-3-5-7-9-11-13-15-17-19-21-22-24-26-28-30-32-34-36-38-44(52)49-41(40-58-48-46(54)47(60-61(55,56)57)45(53)43(39-50)59-48)42(51)37-35-33-31-29-27-25-23-20-18-16-14-12-10-8-6-4-2/h22,24,35,37,41-43,45-48,50-51,53-54H,3-21,23,25-34,36,38-40H2,1-2H3,(H,49,52)(H,55,56,57)/b24-22-,37-35+. The number of unbranched alkanes of at least 4 members (excludes halogenated alkanes) is 28. The molecule has 1 aliphatic rings. The highest BCUT2D eigenvalue weighted by Gasteiger charge is 2.48. The monoisotopic (exact) mass is 890 g/mol. The van der Waals surface area contributed by atoms with Gasteiger partial charge in [-0.25, -0.2) is 4.18 Å². The first-order valence-electron chi connectivity index (χ1n) is 24.7. The summed E-state index contributed by atoms with van der Waals surface area (Å²) in [5.41, 5.74) is 0. The van der Waals surface area contributed by atoms with E-state index in [1.807, 2.05) is 6.08 Å². The van der Waals surface area contributed by atoms with Crippen molar-refractivity contribution >= 4 is 16.3 Å². The lowest BCUT2D eigenvalue weighted by Crippen LogP contribution is -2.61. The largest absolute Gasteiger partial charge is 0.397 e. The van der Waals surface area contributed by atoms with Gasteiger partial charge in [-0.05, 0) is 44.9 Å². The summed E-state index contributed by atoms with van der Waals surface area (Å²) in [4.78, 5) is 13.0. The summed E-state index contributed by atoms with van der Waals surface area (Å²) in [7, 11) is -5.09. The van der Waals surface area contributed by atoms with Crippen LogP contribution in [0.15, 0.2) is 24.3 Å². The van der Waals surface area contributed by atoms with Crippen molar-refractivity contribution < 1.29 is 51.8 Å². The first kappa shape index (κ1) is 57.6. The fraction of sp³-hybridized carbons (Fsp3) is 0.896. The molecule has 7 atom stereocenters. The molecule has 1 heterocycles. The van der Waals surface area contributed by atoms with Gasteiger partial charge >= 0.3 is 10.4 Å². The number of amides is 1. The van der Waals surface area contributed by atoms with Crippen LogP contribution in [0.2, 0.25) is 0 Å². The van der Waals surface area contributed by atoms with Crippen molar-refractivity contribution in [2.75, 3.05) is 13.2 Å². The fourth-order valence-corrected chi connectivity index (χ4v) is 8.37. The number of aliphatic hydroxyl groups excluding tert-OH is 4. The Bertz CT molecular complexity index is 1190. The van der Waals surface area contributed by atoms with Crippen molar-refractivity contribution in [3.05, 3.63) is 24.3 Å². The summed E-state index contributed by atoms with van der Waals surface area (Å²) in [5.74, 6) is -0.270. The Hall–Kier alpha value is -1.42. The van der Waals surface area contributed by atoms with Crippen molar-refractivity contribution in [3.8, 4) is 0 Å². The highest BCUT2D eigenvalue weighted by Crippen LogP contribution is 2.26. The lowest BCUT2D eigenvalue weighted by Gasteiger charge is -2.41. The molecule has 0 bridgehead atoms. The van der Waals surface area contributed by atoms with E-state index in [9.17, 15) is 38.2 Å². The molecule has 1 saturated heterocycles. The second kappa shape index (κ2) is 39.0. The zero-order valence-electron chi connectivity index (χ0n) is 38.5. The zero-order chi connectivity index (χ0) is 44.8. The predicted molar refractivity (Wildman–Crippen MR) is 245 cm³/mol. The number of hydrogen-bond acceptors (Lipinski definition) is 10. The van der Waals surface area contributed by atoms with E-state index in [0.717, 1.165) is 57.8 Å². The summed E-state index contributed by atoms with van der Waals surface area (Å²) in [6.07, 6.45) is 36.4. The predicted octanol–water partition coefficient (Wildman–Crippen LogP) is 10.1. The van der Waals surface area contributed by atoms with E-state index in [0.29, 0.717) is 6.42 Å². The number of allylic oxidation sites excluding steroid dienone is 3. The summed E-state index contributed by atoms with van der Waals surface area (Å²) in [5, 5.41) is 44.8. The number of aliphatic hydroxyl groups is 4. The third kappa shape index (κ3) is 32.0. The number of rotatable bonds is 42. The van der Waals surface area contributed by atoms with Crippen molar-refractivity contribution in [3.63, 3.8) is 0 Å².